The lowest BCUT2D eigenvalue weighted by Crippen LogP contribution is -2.04. The van der Waals surface area contributed by atoms with Gasteiger partial charge in [0.15, 0.2) is 0 Å². The summed E-state index contributed by atoms with van der Waals surface area (Å²) in [5.41, 5.74) is 9.05. The lowest BCUT2D eigenvalue weighted by molar-refractivity contribution is 0.473. The summed E-state index contributed by atoms with van der Waals surface area (Å²) in [7, 11) is 0. The number of rotatable bonds is 2. The fraction of sp³-hybridized carbons (Fsp3) is 0.333. The lowest BCUT2D eigenvalue weighted by Gasteiger charge is -2.01. The normalized spacial score (nSPS) is 12.8. The number of nitrogens with two attached hydrogens (primary N) is 1. The predicted octanol–water partition coefficient (Wildman–Crippen LogP) is 2.37. The topological polar surface area (TPSA) is 64.9 Å². The van der Waals surface area contributed by atoms with Crippen molar-refractivity contribution < 1.29 is 4.42 Å². The monoisotopic (exact) mass is 217 g/mol. The van der Waals surface area contributed by atoms with E-state index in [0.29, 0.717) is 11.8 Å². The van der Waals surface area contributed by atoms with Crippen LogP contribution in [0.25, 0.3) is 11.5 Å². The first-order valence-corrected chi connectivity index (χ1v) is 5.24. The Hall–Kier alpha value is -1.68. The van der Waals surface area contributed by atoms with E-state index in [-0.39, 0.29) is 6.04 Å². The Bertz CT molecular complexity index is 503. The molecular formula is C12H15N3O. The molecule has 4 nitrogen and oxygen atoms in total. The molecule has 0 aliphatic carbocycles. The summed E-state index contributed by atoms with van der Waals surface area (Å²) in [6.45, 7) is 5.94. The van der Waals surface area contributed by atoms with Gasteiger partial charge in [0.1, 0.15) is 0 Å². The molecule has 0 bridgehead atoms. The Morgan fingerprint density at radius 2 is 1.94 bits per heavy atom. The molecule has 0 aliphatic rings. The van der Waals surface area contributed by atoms with Gasteiger partial charge < -0.3 is 10.2 Å². The molecule has 0 spiro atoms. The van der Waals surface area contributed by atoms with E-state index in [1.54, 1.807) is 0 Å². The summed E-state index contributed by atoms with van der Waals surface area (Å²) in [4.78, 5) is 0. The summed E-state index contributed by atoms with van der Waals surface area (Å²) < 4.78 is 5.48. The van der Waals surface area contributed by atoms with E-state index in [9.17, 15) is 0 Å². The van der Waals surface area contributed by atoms with Crippen molar-refractivity contribution in [3.63, 3.8) is 0 Å². The van der Waals surface area contributed by atoms with E-state index in [1.165, 1.54) is 11.1 Å². The molecule has 0 radical (unpaired) electrons. The molecule has 1 heterocycles. The number of hydrogen-bond donors (Lipinski definition) is 1. The Kier molecular flexibility index (Phi) is 2.75. The molecule has 0 saturated heterocycles. The van der Waals surface area contributed by atoms with Crippen molar-refractivity contribution in [2.45, 2.75) is 26.8 Å². The first-order valence-electron chi connectivity index (χ1n) is 5.24. The molecule has 0 saturated carbocycles. The van der Waals surface area contributed by atoms with Gasteiger partial charge in [0.2, 0.25) is 11.8 Å². The average molecular weight is 217 g/mol. The zero-order valence-corrected chi connectivity index (χ0v) is 9.69. The van der Waals surface area contributed by atoms with Crippen molar-refractivity contribution in [1.29, 1.82) is 0 Å². The minimum Gasteiger partial charge on any atom is -0.419 e. The third-order valence-electron chi connectivity index (χ3n) is 2.58. The van der Waals surface area contributed by atoms with Gasteiger partial charge in [-0.05, 0) is 44.0 Å². The van der Waals surface area contributed by atoms with Gasteiger partial charge in [-0.2, -0.15) is 0 Å². The number of aryl methyl sites for hydroxylation is 2. The minimum atomic E-state index is -0.229. The van der Waals surface area contributed by atoms with Crippen molar-refractivity contribution in [3.8, 4) is 11.5 Å². The number of nitrogens with zero attached hydrogens (tertiary/aromatic N) is 2. The molecule has 2 N–H and O–H groups in total. The van der Waals surface area contributed by atoms with E-state index < -0.39 is 0 Å². The molecule has 0 amide bonds. The van der Waals surface area contributed by atoms with Crippen LogP contribution in [0.2, 0.25) is 0 Å². The van der Waals surface area contributed by atoms with Crippen LogP contribution in [-0.2, 0) is 0 Å². The highest BCUT2D eigenvalue weighted by Crippen LogP contribution is 2.22. The van der Waals surface area contributed by atoms with Crippen molar-refractivity contribution in [2.75, 3.05) is 0 Å². The number of hydrogen-bond acceptors (Lipinski definition) is 4. The highest BCUT2D eigenvalue weighted by atomic mass is 16.4. The smallest absolute Gasteiger partial charge is 0.247 e. The zero-order chi connectivity index (χ0) is 11.7. The van der Waals surface area contributed by atoms with Gasteiger partial charge in [0, 0.05) is 5.56 Å². The van der Waals surface area contributed by atoms with Gasteiger partial charge >= 0.3 is 0 Å². The van der Waals surface area contributed by atoms with Crippen molar-refractivity contribution in [2.24, 2.45) is 5.73 Å². The average Bonchev–Trinajstić information content (AvgIpc) is 2.71. The summed E-state index contributed by atoms with van der Waals surface area (Å²) in [5.74, 6) is 0.989. The van der Waals surface area contributed by atoms with Crippen molar-refractivity contribution in [1.82, 2.24) is 10.2 Å². The highest BCUT2D eigenvalue weighted by Gasteiger charge is 2.11. The first kappa shape index (κ1) is 10.8. The molecule has 2 aromatic rings. The highest BCUT2D eigenvalue weighted by molar-refractivity contribution is 5.55. The predicted molar refractivity (Wildman–Crippen MR) is 61.8 cm³/mol. The van der Waals surface area contributed by atoms with Gasteiger partial charge in [-0.1, -0.05) is 6.07 Å². The molecule has 1 aromatic heterocycles. The molecule has 84 valence electrons. The fourth-order valence-electron chi connectivity index (χ4n) is 1.41. The number of benzene rings is 1. The molecule has 1 aromatic carbocycles. The third kappa shape index (κ3) is 1.97. The Morgan fingerprint density at radius 1 is 1.19 bits per heavy atom. The Morgan fingerprint density at radius 3 is 2.50 bits per heavy atom. The van der Waals surface area contributed by atoms with E-state index >= 15 is 0 Å². The second kappa shape index (κ2) is 4.06. The van der Waals surface area contributed by atoms with Crippen molar-refractivity contribution >= 4 is 0 Å². The zero-order valence-electron chi connectivity index (χ0n) is 9.69. The van der Waals surface area contributed by atoms with Crippen LogP contribution in [0.3, 0.4) is 0 Å². The summed E-state index contributed by atoms with van der Waals surface area (Å²) in [5, 5.41) is 7.88. The summed E-state index contributed by atoms with van der Waals surface area (Å²) >= 11 is 0. The van der Waals surface area contributed by atoms with Gasteiger partial charge in [0.05, 0.1) is 6.04 Å². The molecule has 2 rings (SSSR count). The van der Waals surface area contributed by atoms with Gasteiger partial charge in [-0.25, -0.2) is 0 Å². The third-order valence-corrected chi connectivity index (χ3v) is 2.58. The van der Waals surface area contributed by atoms with Crippen LogP contribution < -0.4 is 5.73 Å². The molecule has 1 atom stereocenters. The van der Waals surface area contributed by atoms with E-state index in [4.69, 9.17) is 10.2 Å². The van der Waals surface area contributed by atoms with Gasteiger partial charge in [0.25, 0.3) is 0 Å². The molecule has 0 fully saturated rings. The Labute approximate surface area is 94.5 Å². The van der Waals surface area contributed by atoms with Crippen molar-refractivity contribution in [3.05, 3.63) is 35.2 Å². The number of aromatic nitrogens is 2. The Balaban J connectivity index is 2.39. The van der Waals surface area contributed by atoms with Crippen LogP contribution in [0, 0.1) is 13.8 Å². The molecule has 1 unspecified atom stereocenters. The molecular weight excluding hydrogens is 202 g/mol. The standard InChI is InChI=1S/C12H15N3O/c1-7-4-5-10(6-8(7)2)12-15-14-11(16-12)9(3)13/h4-6,9H,13H2,1-3H3. The first-order chi connectivity index (χ1) is 7.58. The fourth-order valence-corrected chi connectivity index (χ4v) is 1.41. The summed E-state index contributed by atoms with van der Waals surface area (Å²) in [6.07, 6.45) is 0. The molecule has 0 aliphatic heterocycles. The van der Waals surface area contributed by atoms with Gasteiger partial charge in [-0.15, -0.1) is 10.2 Å². The van der Waals surface area contributed by atoms with Crippen LogP contribution in [0.15, 0.2) is 22.6 Å². The largest absolute Gasteiger partial charge is 0.419 e. The SMILES string of the molecule is Cc1ccc(-c2nnc(C(C)N)o2)cc1C. The van der Waals surface area contributed by atoms with Crippen LogP contribution in [0.1, 0.15) is 30.0 Å². The van der Waals surface area contributed by atoms with Crippen LogP contribution in [-0.4, -0.2) is 10.2 Å². The van der Waals surface area contributed by atoms with Crippen LogP contribution >= 0.6 is 0 Å². The summed E-state index contributed by atoms with van der Waals surface area (Å²) in [6, 6.07) is 5.82. The maximum Gasteiger partial charge on any atom is 0.247 e. The molecule has 16 heavy (non-hydrogen) atoms. The quantitative estimate of drug-likeness (QED) is 0.838. The molecule has 4 heteroatoms. The van der Waals surface area contributed by atoms with E-state index in [1.807, 2.05) is 25.1 Å². The second-order valence-electron chi connectivity index (χ2n) is 4.03. The lowest BCUT2D eigenvalue weighted by atomic mass is 10.1. The van der Waals surface area contributed by atoms with Gasteiger partial charge in [-0.3, -0.25) is 0 Å². The van der Waals surface area contributed by atoms with Crippen LogP contribution in [0.5, 0.6) is 0 Å². The minimum absolute atomic E-state index is 0.229. The second-order valence-corrected chi connectivity index (χ2v) is 4.03. The maximum absolute atomic E-state index is 5.66. The maximum atomic E-state index is 5.66. The van der Waals surface area contributed by atoms with E-state index in [0.717, 1.165) is 5.56 Å². The van der Waals surface area contributed by atoms with Crippen LogP contribution in [0.4, 0.5) is 0 Å². The van der Waals surface area contributed by atoms with E-state index in [2.05, 4.69) is 24.0 Å².